The molecule has 0 unspecified atom stereocenters. The van der Waals surface area contributed by atoms with Crippen molar-refractivity contribution >= 4 is 40.1 Å². The normalized spacial score (nSPS) is 16.1. The van der Waals surface area contributed by atoms with E-state index >= 15 is 0 Å². The number of alkyl halides is 2. The molecular weight excluding hydrogens is 656 g/mol. The molecule has 1 atom stereocenters. The summed E-state index contributed by atoms with van der Waals surface area (Å²) in [6.45, 7) is 2.50. The maximum Gasteiger partial charge on any atom is 0.388 e. The van der Waals surface area contributed by atoms with Gasteiger partial charge in [0, 0.05) is 29.4 Å². The summed E-state index contributed by atoms with van der Waals surface area (Å²) >= 11 is 6.04. The third kappa shape index (κ3) is 6.26. The standard InChI is InChI=1S/C35H32ClF2N7O4/c1-18(21-7-11-28(41-14-21)48-34(37)38)45-32-24(16-42-45)29(30(31(39)46)25(43-32)12-19-4-5-19)20-6-10-26-27(13-20)49-35(2,3)33(47)44(26)17-23-9-8-22(36)15-40-23/h6-11,13-16,18-19,34H,4-5,12,17H2,1-3H3,(H2,39,46)/t18-/m1/s1. The minimum atomic E-state index is -2.98. The van der Waals surface area contributed by atoms with Crippen LogP contribution in [0, 0.1) is 5.92 Å². The predicted octanol–water partition coefficient (Wildman–Crippen LogP) is 6.51. The number of rotatable bonds is 10. The molecule has 2 amide bonds. The molecule has 1 aliphatic carbocycles. The van der Waals surface area contributed by atoms with Crippen molar-refractivity contribution in [3.63, 3.8) is 0 Å². The van der Waals surface area contributed by atoms with E-state index in [0.29, 0.717) is 73.5 Å². The predicted molar refractivity (Wildman–Crippen MR) is 178 cm³/mol. The number of hydrogen-bond acceptors (Lipinski definition) is 8. The summed E-state index contributed by atoms with van der Waals surface area (Å²) in [5, 5.41) is 5.75. The fourth-order valence-electron chi connectivity index (χ4n) is 6.19. The molecule has 7 rings (SSSR count). The molecule has 1 aliphatic heterocycles. The number of nitrogens with two attached hydrogens (primary N) is 1. The Bertz CT molecular complexity index is 2080. The van der Waals surface area contributed by atoms with Crippen LogP contribution in [0.2, 0.25) is 5.02 Å². The number of anilines is 1. The summed E-state index contributed by atoms with van der Waals surface area (Å²) in [7, 11) is 0. The zero-order valence-corrected chi connectivity index (χ0v) is 27.6. The maximum absolute atomic E-state index is 13.6. The van der Waals surface area contributed by atoms with Gasteiger partial charge in [0.25, 0.3) is 11.8 Å². The molecule has 1 saturated carbocycles. The summed E-state index contributed by atoms with van der Waals surface area (Å²) in [6, 6.07) is 11.5. The number of halogens is 3. The number of amides is 2. The van der Waals surface area contributed by atoms with Crippen LogP contribution in [-0.2, 0) is 17.8 Å². The van der Waals surface area contributed by atoms with Gasteiger partial charge in [-0.1, -0.05) is 17.7 Å². The number of aromatic nitrogens is 5. The van der Waals surface area contributed by atoms with Crippen LogP contribution in [0.4, 0.5) is 14.5 Å². The Hall–Kier alpha value is -5.17. The minimum absolute atomic E-state index is 0.196. The molecule has 4 aromatic heterocycles. The van der Waals surface area contributed by atoms with Crippen molar-refractivity contribution in [3.8, 4) is 22.8 Å². The molecular formula is C35H32ClF2N7O4. The average Bonchev–Trinajstić information content (AvgIpc) is 3.78. The van der Waals surface area contributed by atoms with Crippen LogP contribution in [0.1, 0.15) is 67.0 Å². The van der Waals surface area contributed by atoms with Gasteiger partial charge >= 0.3 is 6.61 Å². The zero-order valence-electron chi connectivity index (χ0n) is 26.9. The van der Waals surface area contributed by atoms with E-state index in [4.69, 9.17) is 27.1 Å². The fourth-order valence-corrected chi connectivity index (χ4v) is 6.30. The van der Waals surface area contributed by atoms with Crippen molar-refractivity contribution in [3.05, 3.63) is 88.6 Å². The van der Waals surface area contributed by atoms with Gasteiger partial charge in [-0.3, -0.25) is 19.5 Å². The van der Waals surface area contributed by atoms with E-state index in [1.54, 1.807) is 60.0 Å². The van der Waals surface area contributed by atoms with Crippen LogP contribution in [0.5, 0.6) is 11.6 Å². The molecule has 2 aliphatic rings. The highest BCUT2D eigenvalue weighted by Crippen LogP contribution is 2.44. The second kappa shape index (κ2) is 12.4. The lowest BCUT2D eigenvalue weighted by molar-refractivity contribution is -0.132. The number of primary amides is 1. The van der Waals surface area contributed by atoms with Crippen LogP contribution < -0.4 is 20.1 Å². The quantitative estimate of drug-likeness (QED) is 0.175. The molecule has 0 saturated heterocycles. The monoisotopic (exact) mass is 687 g/mol. The molecule has 5 aromatic rings. The van der Waals surface area contributed by atoms with Gasteiger partial charge in [-0.15, -0.1) is 0 Å². The van der Waals surface area contributed by atoms with Crippen molar-refractivity contribution in [1.82, 2.24) is 24.7 Å². The average molecular weight is 688 g/mol. The highest BCUT2D eigenvalue weighted by molar-refractivity contribution is 6.30. The number of benzene rings is 1. The largest absolute Gasteiger partial charge is 0.476 e. The van der Waals surface area contributed by atoms with Crippen molar-refractivity contribution in [2.45, 2.75) is 64.8 Å². The lowest BCUT2D eigenvalue weighted by Crippen LogP contribution is -2.52. The van der Waals surface area contributed by atoms with E-state index in [-0.39, 0.29) is 18.3 Å². The smallest absolute Gasteiger partial charge is 0.388 e. The number of nitrogens with zero attached hydrogens (tertiary/aromatic N) is 6. The van der Waals surface area contributed by atoms with Crippen LogP contribution in [0.3, 0.4) is 0 Å². The second-order valence-electron chi connectivity index (χ2n) is 12.8. The van der Waals surface area contributed by atoms with E-state index in [0.717, 1.165) is 12.8 Å². The Morgan fingerprint density at radius 1 is 1.12 bits per heavy atom. The van der Waals surface area contributed by atoms with Gasteiger partial charge in [-0.25, -0.2) is 14.6 Å². The SMILES string of the molecule is C[C@H](c1ccc(OC(F)F)nc1)n1ncc2c(-c3ccc4c(c3)OC(C)(C)C(=O)N4Cc3ccc(Cl)cn3)c(C(N)=O)c(CC3CC3)nc21. The topological polar surface area (TPSA) is 138 Å². The van der Waals surface area contributed by atoms with Crippen molar-refractivity contribution < 1.29 is 27.8 Å². The van der Waals surface area contributed by atoms with Crippen molar-refractivity contribution in [2.24, 2.45) is 11.7 Å². The van der Waals surface area contributed by atoms with Crippen LogP contribution in [-0.4, -0.2) is 48.8 Å². The Morgan fingerprint density at radius 2 is 1.92 bits per heavy atom. The van der Waals surface area contributed by atoms with Crippen molar-refractivity contribution in [1.29, 1.82) is 0 Å². The Labute approximate surface area is 285 Å². The maximum atomic E-state index is 13.6. The summed E-state index contributed by atoms with van der Waals surface area (Å²) in [6.07, 6.45) is 7.23. The number of carbonyl (C=O) groups is 2. The molecule has 14 heteroatoms. The molecule has 5 heterocycles. The molecule has 11 nitrogen and oxygen atoms in total. The molecule has 0 bridgehead atoms. The van der Waals surface area contributed by atoms with Gasteiger partial charge < -0.3 is 15.2 Å². The van der Waals surface area contributed by atoms with E-state index < -0.39 is 24.2 Å². The molecule has 0 radical (unpaired) electrons. The molecule has 1 fully saturated rings. The van der Waals surface area contributed by atoms with E-state index in [1.165, 1.54) is 18.5 Å². The van der Waals surface area contributed by atoms with Crippen molar-refractivity contribution in [2.75, 3.05) is 4.90 Å². The summed E-state index contributed by atoms with van der Waals surface area (Å²) in [5.41, 5.74) is 9.33. The third-order valence-corrected chi connectivity index (χ3v) is 9.06. The lowest BCUT2D eigenvalue weighted by atomic mass is 9.92. The Balaban J connectivity index is 1.35. The first-order chi connectivity index (χ1) is 23.4. The van der Waals surface area contributed by atoms with Gasteiger partial charge in [0.2, 0.25) is 5.88 Å². The van der Waals surface area contributed by atoms with Crippen LogP contribution >= 0.6 is 11.6 Å². The summed E-state index contributed by atoms with van der Waals surface area (Å²) in [5.74, 6) is -0.233. The first-order valence-electron chi connectivity index (χ1n) is 15.8. The third-order valence-electron chi connectivity index (χ3n) is 8.83. The van der Waals surface area contributed by atoms with Crippen LogP contribution in [0.25, 0.3) is 22.2 Å². The van der Waals surface area contributed by atoms with Gasteiger partial charge in [0.15, 0.2) is 11.2 Å². The Kier molecular flexibility index (Phi) is 8.18. The number of carbonyl (C=O) groups excluding carboxylic acids is 2. The van der Waals surface area contributed by atoms with E-state index in [1.807, 2.05) is 13.0 Å². The molecule has 49 heavy (non-hydrogen) atoms. The van der Waals surface area contributed by atoms with Gasteiger partial charge in [-0.05, 0) is 87.4 Å². The molecule has 2 N–H and O–H groups in total. The second-order valence-corrected chi connectivity index (χ2v) is 13.2. The molecule has 252 valence electrons. The number of ether oxygens (including phenoxy) is 2. The lowest BCUT2D eigenvalue weighted by Gasteiger charge is -2.39. The minimum Gasteiger partial charge on any atom is -0.476 e. The zero-order chi connectivity index (χ0) is 34.6. The first-order valence-corrected chi connectivity index (χ1v) is 16.1. The molecule has 1 aromatic carbocycles. The van der Waals surface area contributed by atoms with Crippen LogP contribution in [0.15, 0.2) is 61.1 Å². The van der Waals surface area contributed by atoms with Gasteiger partial charge in [0.1, 0.15) is 5.75 Å². The van der Waals surface area contributed by atoms with E-state index in [2.05, 4.69) is 19.8 Å². The summed E-state index contributed by atoms with van der Waals surface area (Å²) < 4.78 is 37.8. The Morgan fingerprint density at radius 3 is 2.57 bits per heavy atom. The highest BCUT2D eigenvalue weighted by atomic mass is 35.5. The van der Waals surface area contributed by atoms with Gasteiger partial charge in [-0.2, -0.15) is 13.9 Å². The number of fused-ring (bicyclic) bond motifs is 2. The summed E-state index contributed by atoms with van der Waals surface area (Å²) in [4.78, 5) is 41.8. The number of pyridine rings is 3. The first kappa shape index (κ1) is 32.4. The van der Waals surface area contributed by atoms with E-state index in [9.17, 15) is 18.4 Å². The number of hydrogen-bond donors (Lipinski definition) is 1. The highest BCUT2D eigenvalue weighted by Gasteiger charge is 2.41. The molecule has 0 spiro atoms. The fraction of sp³-hybridized carbons (Fsp3) is 0.314. The van der Waals surface area contributed by atoms with Gasteiger partial charge in [0.05, 0.1) is 46.4 Å².